The highest BCUT2D eigenvalue weighted by Gasteiger charge is 2.31. The Labute approximate surface area is 63.5 Å². The van der Waals surface area contributed by atoms with Crippen molar-refractivity contribution >= 4 is 17.7 Å². The number of carbonyl (C=O) groups excluding carboxylic acids is 3. The van der Waals surface area contributed by atoms with Gasteiger partial charge in [0.2, 0.25) is 0 Å². The first-order valence-corrected chi connectivity index (χ1v) is 3.36. The van der Waals surface area contributed by atoms with Crippen LogP contribution in [0.2, 0.25) is 0 Å². The largest absolute Gasteiger partial charge is 0.393 e. The molecule has 0 aromatic rings. The summed E-state index contributed by atoms with van der Waals surface area (Å²) in [5.74, 6) is -2.18. The van der Waals surface area contributed by atoms with Crippen LogP contribution in [-0.4, -0.2) is 17.7 Å². The van der Waals surface area contributed by atoms with E-state index >= 15 is 0 Å². The Hall–Kier alpha value is -1.19. The Morgan fingerprint density at radius 2 is 2.18 bits per heavy atom. The van der Waals surface area contributed by atoms with E-state index in [1.165, 1.54) is 6.92 Å². The minimum absolute atomic E-state index is 0.163. The molecule has 11 heavy (non-hydrogen) atoms. The van der Waals surface area contributed by atoms with E-state index in [0.717, 1.165) is 0 Å². The molecular weight excluding hydrogens is 148 g/mol. The number of cyclic esters (lactones) is 2. The van der Waals surface area contributed by atoms with E-state index < -0.39 is 17.9 Å². The summed E-state index contributed by atoms with van der Waals surface area (Å²) in [6, 6.07) is 0. The minimum Gasteiger partial charge on any atom is -0.393 e. The number of rotatable bonds is 1. The van der Waals surface area contributed by atoms with E-state index in [0.29, 0.717) is 6.42 Å². The fourth-order valence-electron chi connectivity index (χ4n) is 0.984. The Balaban J connectivity index is 2.65. The average Bonchev–Trinajstić information content (AvgIpc) is 1.85. The lowest BCUT2D eigenvalue weighted by Gasteiger charge is -2.16. The Bertz CT molecular complexity index is 218. The molecule has 1 rings (SSSR count). The standard InChI is InChI=1S/C7H8O4/c1-4(8)5-2-3-6(9)11-7(5)10/h5H,2-3H2,1H3. The van der Waals surface area contributed by atoms with Crippen molar-refractivity contribution in [3.05, 3.63) is 0 Å². The maximum Gasteiger partial charge on any atom is 0.324 e. The van der Waals surface area contributed by atoms with E-state index in [9.17, 15) is 14.4 Å². The minimum atomic E-state index is -0.715. The predicted octanol–water partition coefficient (Wildman–Crippen LogP) is 0.0552. The Morgan fingerprint density at radius 1 is 1.55 bits per heavy atom. The molecule has 0 radical (unpaired) electrons. The van der Waals surface area contributed by atoms with E-state index in [2.05, 4.69) is 4.74 Å². The summed E-state index contributed by atoms with van der Waals surface area (Å²) >= 11 is 0. The van der Waals surface area contributed by atoms with Crippen LogP contribution in [0.4, 0.5) is 0 Å². The van der Waals surface area contributed by atoms with Crippen molar-refractivity contribution in [1.82, 2.24) is 0 Å². The van der Waals surface area contributed by atoms with Crippen molar-refractivity contribution in [2.45, 2.75) is 19.8 Å². The molecule has 0 N–H and O–H groups in total. The fourth-order valence-corrected chi connectivity index (χ4v) is 0.984. The Kier molecular flexibility index (Phi) is 2.03. The summed E-state index contributed by atoms with van der Waals surface area (Å²) in [5, 5.41) is 0. The maximum absolute atomic E-state index is 10.8. The monoisotopic (exact) mass is 156 g/mol. The number of hydrogen-bond donors (Lipinski definition) is 0. The zero-order valence-electron chi connectivity index (χ0n) is 6.12. The van der Waals surface area contributed by atoms with Crippen LogP contribution in [0.3, 0.4) is 0 Å². The van der Waals surface area contributed by atoms with Gasteiger partial charge < -0.3 is 4.74 Å². The van der Waals surface area contributed by atoms with Gasteiger partial charge in [0.15, 0.2) is 0 Å². The summed E-state index contributed by atoms with van der Waals surface area (Å²) < 4.78 is 4.26. The van der Waals surface area contributed by atoms with Gasteiger partial charge in [-0.3, -0.25) is 14.4 Å². The summed E-state index contributed by atoms with van der Waals surface area (Å²) in [5.41, 5.74) is 0. The number of ether oxygens (including phenoxy) is 1. The highest BCUT2D eigenvalue weighted by atomic mass is 16.6. The quantitative estimate of drug-likeness (QED) is 0.397. The van der Waals surface area contributed by atoms with Crippen LogP contribution in [0.25, 0.3) is 0 Å². The molecule has 1 saturated heterocycles. The molecule has 0 spiro atoms. The van der Waals surface area contributed by atoms with Gasteiger partial charge in [-0.25, -0.2) is 0 Å². The molecule has 1 atom stereocenters. The van der Waals surface area contributed by atoms with Crippen LogP contribution in [0.5, 0.6) is 0 Å². The molecule has 0 saturated carbocycles. The summed E-state index contributed by atoms with van der Waals surface area (Å²) in [4.78, 5) is 32.0. The van der Waals surface area contributed by atoms with Crippen molar-refractivity contribution < 1.29 is 19.1 Å². The van der Waals surface area contributed by atoms with Gasteiger partial charge in [0, 0.05) is 6.42 Å². The number of carbonyl (C=O) groups is 3. The zero-order chi connectivity index (χ0) is 8.43. The second-order valence-electron chi connectivity index (χ2n) is 2.50. The molecule has 1 heterocycles. The van der Waals surface area contributed by atoms with E-state index in [1.807, 2.05) is 0 Å². The first-order valence-electron chi connectivity index (χ1n) is 3.36. The molecule has 1 unspecified atom stereocenters. The van der Waals surface area contributed by atoms with E-state index in [-0.39, 0.29) is 12.2 Å². The van der Waals surface area contributed by atoms with Crippen molar-refractivity contribution in [2.24, 2.45) is 5.92 Å². The maximum atomic E-state index is 10.8. The number of ketones is 1. The summed E-state index contributed by atoms with van der Waals surface area (Å²) in [7, 11) is 0. The summed E-state index contributed by atoms with van der Waals surface area (Å²) in [6.45, 7) is 1.32. The van der Waals surface area contributed by atoms with Crippen LogP contribution >= 0.6 is 0 Å². The van der Waals surface area contributed by atoms with E-state index in [1.54, 1.807) is 0 Å². The molecule has 0 aliphatic carbocycles. The molecule has 0 bridgehead atoms. The van der Waals surface area contributed by atoms with Gasteiger partial charge in [-0.2, -0.15) is 0 Å². The van der Waals surface area contributed by atoms with Crippen LogP contribution in [0, 0.1) is 5.92 Å². The van der Waals surface area contributed by atoms with Crippen molar-refractivity contribution in [3.8, 4) is 0 Å². The number of hydrogen-bond acceptors (Lipinski definition) is 4. The van der Waals surface area contributed by atoms with Gasteiger partial charge in [0.25, 0.3) is 0 Å². The Morgan fingerprint density at radius 3 is 2.64 bits per heavy atom. The number of Topliss-reactive ketones (excluding diaryl/α,β-unsaturated/α-hetero) is 1. The van der Waals surface area contributed by atoms with E-state index in [4.69, 9.17) is 0 Å². The van der Waals surface area contributed by atoms with Crippen LogP contribution in [0.15, 0.2) is 0 Å². The second-order valence-corrected chi connectivity index (χ2v) is 2.50. The molecule has 1 fully saturated rings. The summed E-state index contributed by atoms with van der Waals surface area (Å²) in [6.07, 6.45) is 0.461. The number of esters is 2. The van der Waals surface area contributed by atoms with Crippen molar-refractivity contribution in [2.75, 3.05) is 0 Å². The molecule has 0 amide bonds. The topological polar surface area (TPSA) is 60.4 Å². The van der Waals surface area contributed by atoms with Crippen LogP contribution in [0.1, 0.15) is 19.8 Å². The molecular formula is C7H8O4. The van der Waals surface area contributed by atoms with Gasteiger partial charge in [0.1, 0.15) is 11.7 Å². The van der Waals surface area contributed by atoms with Gasteiger partial charge >= 0.3 is 11.9 Å². The molecule has 1 aliphatic rings. The third-order valence-electron chi connectivity index (χ3n) is 1.63. The van der Waals surface area contributed by atoms with Crippen LogP contribution < -0.4 is 0 Å². The van der Waals surface area contributed by atoms with Crippen molar-refractivity contribution in [1.29, 1.82) is 0 Å². The lowest BCUT2D eigenvalue weighted by atomic mass is 9.97. The van der Waals surface area contributed by atoms with Gasteiger partial charge in [-0.05, 0) is 13.3 Å². The molecule has 0 aromatic heterocycles. The van der Waals surface area contributed by atoms with Gasteiger partial charge in [0.05, 0.1) is 0 Å². The fraction of sp³-hybridized carbons (Fsp3) is 0.571. The molecule has 0 aromatic carbocycles. The molecule has 1 aliphatic heterocycles. The van der Waals surface area contributed by atoms with Crippen molar-refractivity contribution in [3.63, 3.8) is 0 Å². The average molecular weight is 156 g/mol. The normalized spacial score (nSPS) is 24.6. The molecule has 4 heteroatoms. The highest BCUT2D eigenvalue weighted by molar-refractivity contribution is 6.03. The molecule has 60 valence electrons. The third-order valence-corrected chi connectivity index (χ3v) is 1.63. The zero-order valence-corrected chi connectivity index (χ0v) is 6.12. The molecule has 4 nitrogen and oxygen atoms in total. The SMILES string of the molecule is CC(=O)C1CCC(=O)OC1=O. The first-order chi connectivity index (χ1) is 5.11. The lowest BCUT2D eigenvalue weighted by Crippen LogP contribution is -2.31. The van der Waals surface area contributed by atoms with Gasteiger partial charge in [-0.15, -0.1) is 0 Å². The third kappa shape index (κ3) is 1.63. The highest BCUT2D eigenvalue weighted by Crippen LogP contribution is 2.16. The second kappa shape index (κ2) is 2.82. The van der Waals surface area contributed by atoms with Crippen LogP contribution in [-0.2, 0) is 19.1 Å². The van der Waals surface area contributed by atoms with Gasteiger partial charge in [-0.1, -0.05) is 0 Å². The smallest absolute Gasteiger partial charge is 0.324 e. The first kappa shape index (κ1) is 7.91. The predicted molar refractivity (Wildman–Crippen MR) is 34.5 cm³/mol. The lowest BCUT2D eigenvalue weighted by molar-refractivity contribution is -0.168.